The zero-order valence-electron chi connectivity index (χ0n) is 12.2. The van der Waals surface area contributed by atoms with Gasteiger partial charge in [0.2, 0.25) is 0 Å². The minimum atomic E-state index is -0.674. The molecule has 0 aliphatic carbocycles. The van der Waals surface area contributed by atoms with Gasteiger partial charge in [-0.25, -0.2) is 0 Å². The first-order valence-corrected chi connectivity index (χ1v) is 6.74. The standard InChI is InChI=1S/C16H20N2O3/c1-20-13-5-6-16(21-2)14(8-13)15(19)11-18-10-12-4-3-7-17-9-12/h3-9,15,18-19H,10-11H2,1-2H3. The van der Waals surface area contributed by atoms with E-state index in [9.17, 15) is 5.11 Å². The number of nitrogens with one attached hydrogen (secondary N) is 1. The van der Waals surface area contributed by atoms with E-state index >= 15 is 0 Å². The van der Waals surface area contributed by atoms with Crippen LogP contribution in [0.25, 0.3) is 0 Å². The molecular weight excluding hydrogens is 268 g/mol. The van der Waals surface area contributed by atoms with Crippen LogP contribution in [0.15, 0.2) is 42.7 Å². The van der Waals surface area contributed by atoms with Crippen LogP contribution < -0.4 is 14.8 Å². The lowest BCUT2D eigenvalue weighted by molar-refractivity contribution is 0.169. The summed E-state index contributed by atoms with van der Waals surface area (Å²) < 4.78 is 10.5. The number of ether oxygens (including phenoxy) is 2. The normalized spacial score (nSPS) is 12.0. The summed E-state index contributed by atoms with van der Waals surface area (Å²) >= 11 is 0. The molecule has 2 rings (SSSR count). The van der Waals surface area contributed by atoms with Crippen molar-refractivity contribution >= 4 is 0 Å². The van der Waals surface area contributed by atoms with Gasteiger partial charge < -0.3 is 19.9 Å². The first-order chi connectivity index (χ1) is 10.2. The third-order valence-electron chi connectivity index (χ3n) is 3.19. The monoisotopic (exact) mass is 288 g/mol. The Morgan fingerprint density at radius 3 is 2.76 bits per heavy atom. The number of aliphatic hydroxyl groups excluding tert-OH is 1. The van der Waals surface area contributed by atoms with Crippen LogP contribution in [0, 0.1) is 0 Å². The summed E-state index contributed by atoms with van der Waals surface area (Å²) in [5.41, 5.74) is 1.78. The SMILES string of the molecule is COc1ccc(OC)c(C(O)CNCc2cccnc2)c1. The van der Waals surface area contributed by atoms with Crippen LogP contribution in [0.1, 0.15) is 17.2 Å². The van der Waals surface area contributed by atoms with Gasteiger partial charge in [0.05, 0.1) is 20.3 Å². The first kappa shape index (κ1) is 15.3. The maximum atomic E-state index is 10.3. The number of hydrogen-bond donors (Lipinski definition) is 2. The molecule has 1 unspecified atom stereocenters. The Kier molecular flexibility index (Phi) is 5.54. The van der Waals surface area contributed by atoms with Crippen molar-refractivity contribution in [3.05, 3.63) is 53.9 Å². The van der Waals surface area contributed by atoms with Crippen molar-refractivity contribution in [3.63, 3.8) is 0 Å². The molecule has 1 aromatic carbocycles. The topological polar surface area (TPSA) is 63.6 Å². The van der Waals surface area contributed by atoms with E-state index in [0.29, 0.717) is 30.2 Å². The van der Waals surface area contributed by atoms with Crippen LogP contribution in [-0.2, 0) is 6.54 Å². The van der Waals surface area contributed by atoms with Crippen molar-refractivity contribution in [2.45, 2.75) is 12.6 Å². The third kappa shape index (κ3) is 4.18. The Morgan fingerprint density at radius 2 is 2.10 bits per heavy atom. The van der Waals surface area contributed by atoms with Crippen molar-refractivity contribution in [2.24, 2.45) is 0 Å². The number of benzene rings is 1. The average molecular weight is 288 g/mol. The molecule has 5 nitrogen and oxygen atoms in total. The third-order valence-corrected chi connectivity index (χ3v) is 3.19. The molecule has 1 atom stereocenters. The summed E-state index contributed by atoms with van der Waals surface area (Å²) in [6, 6.07) is 9.25. The van der Waals surface area contributed by atoms with Gasteiger partial charge in [0, 0.05) is 31.0 Å². The predicted octanol–water partition coefficient (Wildman–Crippen LogP) is 1.92. The van der Waals surface area contributed by atoms with E-state index < -0.39 is 6.10 Å². The molecular formula is C16H20N2O3. The summed E-state index contributed by atoms with van der Waals surface area (Å²) in [7, 11) is 3.18. The molecule has 0 fully saturated rings. The lowest BCUT2D eigenvalue weighted by atomic mass is 10.1. The molecule has 0 spiro atoms. The summed E-state index contributed by atoms with van der Waals surface area (Å²) in [6.07, 6.45) is 2.86. The van der Waals surface area contributed by atoms with E-state index in [1.807, 2.05) is 12.1 Å². The number of aromatic nitrogens is 1. The molecule has 112 valence electrons. The maximum Gasteiger partial charge on any atom is 0.124 e. The van der Waals surface area contributed by atoms with Gasteiger partial charge in [0.1, 0.15) is 11.5 Å². The highest BCUT2D eigenvalue weighted by atomic mass is 16.5. The fourth-order valence-electron chi connectivity index (χ4n) is 2.07. The molecule has 0 saturated heterocycles. The van der Waals surface area contributed by atoms with Gasteiger partial charge in [-0.1, -0.05) is 6.07 Å². The van der Waals surface area contributed by atoms with Crippen molar-refractivity contribution in [2.75, 3.05) is 20.8 Å². The summed E-state index contributed by atoms with van der Waals surface area (Å²) in [4.78, 5) is 4.05. The van der Waals surface area contributed by atoms with Gasteiger partial charge in [-0.2, -0.15) is 0 Å². The van der Waals surface area contributed by atoms with Crippen molar-refractivity contribution < 1.29 is 14.6 Å². The van der Waals surface area contributed by atoms with Gasteiger partial charge in [0.15, 0.2) is 0 Å². The fraction of sp³-hybridized carbons (Fsp3) is 0.312. The highest BCUT2D eigenvalue weighted by Crippen LogP contribution is 2.29. The second-order valence-corrected chi connectivity index (χ2v) is 4.62. The summed E-state index contributed by atoms with van der Waals surface area (Å²) in [5, 5.41) is 13.5. The number of hydrogen-bond acceptors (Lipinski definition) is 5. The van der Waals surface area contributed by atoms with Gasteiger partial charge in [-0.15, -0.1) is 0 Å². The van der Waals surface area contributed by atoms with E-state index in [-0.39, 0.29) is 0 Å². The van der Waals surface area contributed by atoms with E-state index in [4.69, 9.17) is 9.47 Å². The Hall–Kier alpha value is -2.11. The Bertz CT molecular complexity index is 561. The molecule has 21 heavy (non-hydrogen) atoms. The molecule has 0 aliphatic heterocycles. The largest absolute Gasteiger partial charge is 0.497 e. The Labute approximate surface area is 124 Å². The van der Waals surface area contributed by atoms with Gasteiger partial charge in [-0.3, -0.25) is 4.98 Å². The van der Waals surface area contributed by atoms with Crippen LogP contribution in [0.2, 0.25) is 0 Å². The molecule has 0 radical (unpaired) electrons. The second kappa shape index (κ2) is 7.61. The molecule has 5 heteroatoms. The Morgan fingerprint density at radius 1 is 1.24 bits per heavy atom. The van der Waals surface area contributed by atoms with Gasteiger partial charge in [-0.05, 0) is 29.8 Å². The molecule has 0 amide bonds. The number of aliphatic hydroxyl groups is 1. The van der Waals surface area contributed by atoms with Crippen molar-refractivity contribution in [1.29, 1.82) is 0 Å². The summed E-state index contributed by atoms with van der Waals surface area (Å²) in [5.74, 6) is 1.34. The molecule has 2 aromatic rings. The maximum absolute atomic E-state index is 10.3. The van der Waals surface area contributed by atoms with Crippen molar-refractivity contribution in [1.82, 2.24) is 10.3 Å². The number of pyridine rings is 1. The second-order valence-electron chi connectivity index (χ2n) is 4.62. The Balaban J connectivity index is 1.97. The molecule has 0 aliphatic rings. The molecule has 1 aromatic heterocycles. The summed E-state index contributed by atoms with van der Waals surface area (Å²) in [6.45, 7) is 1.07. The lowest BCUT2D eigenvalue weighted by Crippen LogP contribution is -2.21. The molecule has 2 N–H and O–H groups in total. The van der Waals surface area contributed by atoms with Crippen LogP contribution in [-0.4, -0.2) is 30.9 Å². The fourth-order valence-corrected chi connectivity index (χ4v) is 2.07. The zero-order valence-corrected chi connectivity index (χ0v) is 12.2. The minimum absolute atomic E-state index is 0.415. The van der Waals surface area contributed by atoms with Gasteiger partial charge in [0.25, 0.3) is 0 Å². The van der Waals surface area contributed by atoms with Gasteiger partial charge >= 0.3 is 0 Å². The number of nitrogens with zero attached hydrogens (tertiary/aromatic N) is 1. The van der Waals surface area contributed by atoms with E-state index in [1.54, 1.807) is 44.8 Å². The number of rotatable bonds is 7. The number of methoxy groups -OCH3 is 2. The average Bonchev–Trinajstić information content (AvgIpc) is 2.55. The molecule has 0 saturated carbocycles. The van der Waals surface area contributed by atoms with Crippen LogP contribution in [0.4, 0.5) is 0 Å². The predicted molar refractivity (Wildman–Crippen MR) is 80.4 cm³/mol. The zero-order chi connectivity index (χ0) is 15.1. The van der Waals surface area contributed by atoms with Crippen LogP contribution >= 0.6 is 0 Å². The van der Waals surface area contributed by atoms with E-state index in [2.05, 4.69) is 10.3 Å². The molecule has 0 bridgehead atoms. The molecule has 1 heterocycles. The first-order valence-electron chi connectivity index (χ1n) is 6.74. The quantitative estimate of drug-likeness (QED) is 0.815. The minimum Gasteiger partial charge on any atom is -0.497 e. The van der Waals surface area contributed by atoms with E-state index in [1.165, 1.54) is 0 Å². The highest BCUT2D eigenvalue weighted by molar-refractivity contribution is 5.41. The van der Waals surface area contributed by atoms with Crippen LogP contribution in [0.5, 0.6) is 11.5 Å². The van der Waals surface area contributed by atoms with Crippen molar-refractivity contribution in [3.8, 4) is 11.5 Å². The lowest BCUT2D eigenvalue weighted by Gasteiger charge is -2.16. The smallest absolute Gasteiger partial charge is 0.124 e. The van der Waals surface area contributed by atoms with Crippen LogP contribution in [0.3, 0.4) is 0 Å². The van der Waals surface area contributed by atoms with E-state index in [0.717, 1.165) is 5.56 Å². The highest BCUT2D eigenvalue weighted by Gasteiger charge is 2.14.